The molecule has 2 aliphatic rings. The Labute approximate surface area is 133 Å². The van der Waals surface area contributed by atoms with Crippen molar-refractivity contribution in [1.29, 1.82) is 0 Å². The van der Waals surface area contributed by atoms with Crippen molar-refractivity contribution in [1.82, 2.24) is 0 Å². The molecule has 1 spiro atoms. The fourth-order valence-corrected chi connectivity index (χ4v) is 3.41. The van der Waals surface area contributed by atoms with E-state index in [0.717, 1.165) is 11.3 Å². The number of ether oxygens (including phenoxy) is 2. The molecule has 1 amide bonds. The summed E-state index contributed by atoms with van der Waals surface area (Å²) in [5.41, 5.74) is 1.45. The van der Waals surface area contributed by atoms with E-state index in [2.05, 4.69) is 0 Å². The van der Waals surface area contributed by atoms with Gasteiger partial charge in [-0.25, -0.2) is 4.79 Å². The molecule has 5 nitrogen and oxygen atoms in total. The average molecular weight is 309 g/mol. The normalized spacial score (nSPS) is 21.9. The Morgan fingerprint density at radius 1 is 1.17 bits per heavy atom. The van der Waals surface area contributed by atoms with Gasteiger partial charge in [0.05, 0.1) is 18.4 Å². The molecule has 2 aromatic carbocycles. The van der Waals surface area contributed by atoms with Gasteiger partial charge in [-0.2, -0.15) is 0 Å². The molecule has 2 aliphatic heterocycles. The maximum Gasteiger partial charge on any atom is 0.339 e. The maximum atomic E-state index is 12.9. The van der Waals surface area contributed by atoms with Gasteiger partial charge in [-0.15, -0.1) is 0 Å². The number of likely N-dealkylation sites (N-methyl/N-ethyl adjacent to an activating group) is 1. The molecule has 0 aromatic heterocycles. The molecule has 4 rings (SSSR count). The highest BCUT2D eigenvalue weighted by atomic mass is 16.6. The smallest absolute Gasteiger partial charge is 0.339 e. The zero-order valence-corrected chi connectivity index (χ0v) is 12.8. The van der Waals surface area contributed by atoms with Crippen molar-refractivity contribution in [2.45, 2.75) is 12.0 Å². The van der Waals surface area contributed by atoms with Gasteiger partial charge >= 0.3 is 5.97 Å². The van der Waals surface area contributed by atoms with Crippen LogP contribution in [-0.2, 0) is 21.6 Å². The van der Waals surface area contributed by atoms with Crippen LogP contribution in [0.3, 0.4) is 0 Å². The molecular weight excluding hydrogens is 294 g/mol. The number of rotatable bonds is 1. The van der Waals surface area contributed by atoms with E-state index in [1.54, 1.807) is 38.4 Å². The Bertz CT molecular complexity index is 845. The van der Waals surface area contributed by atoms with E-state index >= 15 is 0 Å². The third-order valence-corrected chi connectivity index (χ3v) is 4.59. The predicted molar refractivity (Wildman–Crippen MR) is 83.6 cm³/mol. The second-order valence-corrected chi connectivity index (χ2v) is 5.80. The van der Waals surface area contributed by atoms with Crippen LogP contribution in [-0.4, -0.2) is 26.0 Å². The largest absolute Gasteiger partial charge is 0.497 e. The van der Waals surface area contributed by atoms with Gasteiger partial charge in [0.2, 0.25) is 5.60 Å². The fraction of sp³-hybridized carbons (Fsp3) is 0.222. The van der Waals surface area contributed by atoms with Crippen molar-refractivity contribution in [3.8, 4) is 5.75 Å². The van der Waals surface area contributed by atoms with Crippen molar-refractivity contribution in [3.63, 3.8) is 0 Å². The molecule has 0 aliphatic carbocycles. The first kappa shape index (κ1) is 13.8. The Hall–Kier alpha value is -2.82. The number of esters is 1. The molecule has 1 unspecified atom stereocenters. The molecule has 0 fully saturated rings. The number of hydrogen-bond donors (Lipinski definition) is 0. The lowest BCUT2D eigenvalue weighted by Gasteiger charge is -2.33. The summed E-state index contributed by atoms with van der Waals surface area (Å²) in [4.78, 5) is 26.9. The van der Waals surface area contributed by atoms with Crippen LogP contribution in [0.5, 0.6) is 5.75 Å². The van der Waals surface area contributed by atoms with Crippen LogP contribution in [0.15, 0.2) is 42.5 Å². The van der Waals surface area contributed by atoms with E-state index in [1.807, 2.05) is 18.2 Å². The highest BCUT2D eigenvalue weighted by Crippen LogP contribution is 2.48. The molecular formula is C18H15NO4. The number of amides is 1. The van der Waals surface area contributed by atoms with Gasteiger partial charge in [0.25, 0.3) is 5.91 Å². The molecule has 116 valence electrons. The number of anilines is 1. The first-order chi connectivity index (χ1) is 11.1. The van der Waals surface area contributed by atoms with E-state index in [-0.39, 0.29) is 5.91 Å². The Morgan fingerprint density at radius 3 is 2.74 bits per heavy atom. The molecule has 0 bridgehead atoms. The Balaban J connectivity index is 1.93. The molecule has 2 heterocycles. The van der Waals surface area contributed by atoms with Crippen LogP contribution < -0.4 is 9.64 Å². The lowest BCUT2D eigenvalue weighted by molar-refractivity contribution is -0.137. The van der Waals surface area contributed by atoms with Crippen LogP contribution in [0.1, 0.15) is 21.5 Å². The van der Waals surface area contributed by atoms with Gasteiger partial charge in [0, 0.05) is 19.0 Å². The third-order valence-electron chi connectivity index (χ3n) is 4.59. The first-order valence-corrected chi connectivity index (χ1v) is 7.35. The summed E-state index contributed by atoms with van der Waals surface area (Å²) in [7, 11) is 3.26. The summed E-state index contributed by atoms with van der Waals surface area (Å²) < 4.78 is 11.0. The summed E-state index contributed by atoms with van der Waals surface area (Å²) in [6.45, 7) is 0. The van der Waals surface area contributed by atoms with Crippen molar-refractivity contribution in [2.24, 2.45) is 0 Å². The van der Waals surface area contributed by atoms with Gasteiger partial charge < -0.3 is 14.4 Å². The number of carbonyl (C=O) groups excluding carboxylic acids is 2. The first-order valence-electron chi connectivity index (χ1n) is 7.35. The highest BCUT2D eigenvalue weighted by molar-refractivity contribution is 6.09. The quantitative estimate of drug-likeness (QED) is 0.758. The fourth-order valence-electron chi connectivity index (χ4n) is 3.41. The molecule has 23 heavy (non-hydrogen) atoms. The summed E-state index contributed by atoms with van der Waals surface area (Å²) in [6.07, 6.45) is 0.332. The Kier molecular flexibility index (Phi) is 2.75. The topological polar surface area (TPSA) is 55.8 Å². The van der Waals surface area contributed by atoms with Gasteiger partial charge in [0.15, 0.2) is 0 Å². The molecule has 0 saturated heterocycles. The molecule has 1 atom stereocenters. The standard InChI is InChI=1S/C18H15NO4/c1-19-15-8-7-12(22-2)9-14(15)18(17(19)21)10-11-5-3-4-6-13(11)16(20)23-18/h3-9H,10H2,1-2H3. The van der Waals surface area contributed by atoms with Gasteiger partial charge in [-0.05, 0) is 29.8 Å². The number of carbonyl (C=O) groups is 2. The molecule has 0 radical (unpaired) electrons. The number of hydrogen-bond acceptors (Lipinski definition) is 4. The predicted octanol–water partition coefficient (Wildman–Crippen LogP) is 2.28. The van der Waals surface area contributed by atoms with E-state index in [1.165, 1.54) is 4.90 Å². The zero-order valence-electron chi connectivity index (χ0n) is 12.8. The van der Waals surface area contributed by atoms with E-state index in [9.17, 15) is 9.59 Å². The second-order valence-electron chi connectivity index (χ2n) is 5.80. The summed E-state index contributed by atoms with van der Waals surface area (Å²) >= 11 is 0. The molecule has 0 N–H and O–H groups in total. The molecule has 2 aromatic rings. The lowest BCUT2D eigenvalue weighted by Crippen LogP contribution is -2.46. The Morgan fingerprint density at radius 2 is 1.96 bits per heavy atom. The van der Waals surface area contributed by atoms with Crippen LogP contribution >= 0.6 is 0 Å². The second kappa shape index (κ2) is 4.59. The van der Waals surface area contributed by atoms with Crippen molar-refractivity contribution in [3.05, 3.63) is 59.2 Å². The summed E-state index contributed by atoms with van der Waals surface area (Å²) in [5.74, 6) is -0.0750. The van der Waals surface area contributed by atoms with Crippen molar-refractivity contribution < 1.29 is 19.1 Å². The minimum atomic E-state index is -1.30. The number of benzene rings is 2. The van der Waals surface area contributed by atoms with Gasteiger partial charge in [0.1, 0.15) is 5.75 Å². The van der Waals surface area contributed by atoms with Gasteiger partial charge in [-0.3, -0.25) is 4.79 Å². The van der Waals surface area contributed by atoms with Crippen LogP contribution in [0.4, 0.5) is 5.69 Å². The summed E-state index contributed by atoms with van der Waals surface area (Å²) in [5, 5.41) is 0. The monoisotopic (exact) mass is 309 g/mol. The van der Waals surface area contributed by atoms with Crippen molar-refractivity contribution >= 4 is 17.6 Å². The van der Waals surface area contributed by atoms with E-state index in [4.69, 9.17) is 9.47 Å². The average Bonchev–Trinajstić information content (AvgIpc) is 2.77. The van der Waals surface area contributed by atoms with E-state index in [0.29, 0.717) is 23.3 Å². The van der Waals surface area contributed by atoms with Crippen molar-refractivity contribution in [2.75, 3.05) is 19.1 Å². The maximum absolute atomic E-state index is 12.9. The van der Waals surface area contributed by atoms with Gasteiger partial charge in [-0.1, -0.05) is 18.2 Å². The summed E-state index contributed by atoms with van der Waals surface area (Å²) in [6, 6.07) is 12.6. The van der Waals surface area contributed by atoms with Crippen LogP contribution in [0.2, 0.25) is 0 Å². The molecule has 5 heteroatoms. The minimum absolute atomic E-state index is 0.233. The SMILES string of the molecule is COc1ccc2c(c1)C1(Cc3ccccc3C(=O)O1)C(=O)N2C. The molecule has 0 saturated carbocycles. The minimum Gasteiger partial charge on any atom is -0.497 e. The van der Waals surface area contributed by atoms with Crippen LogP contribution in [0.25, 0.3) is 0 Å². The number of methoxy groups -OCH3 is 1. The van der Waals surface area contributed by atoms with Crippen LogP contribution in [0, 0.1) is 0 Å². The lowest BCUT2D eigenvalue weighted by atomic mass is 9.84. The highest BCUT2D eigenvalue weighted by Gasteiger charge is 2.55. The van der Waals surface area contributed by atoms with E-state index < -0.39 is 11.6 Å². The number of fused-ring (bicyclic) bond motifs is 3. The number of nitrogens with zero attached hydrogens (tertiary/aromatic N) is 1. The zero-order chi connectivity index (χ0) is 16.2. The third kappa shape index (κ3) is 1.73.